The van der Waals surface area contributed by atoms with Gasteiger partial charge in [-0.15, -0.1) is 5.54 Å². The average molecular weight is 948 g/mol. The van der Waals surface area contributed by atoms with Crippen LogP contribution in [0, 0.1) is 29.0 Å². The van der Waals surface area contributed by atoms with Crippen LogP contribution < -0.4 is 15.1 Å². The number of hydrazine groups is 1. The predicted molar refractivity (Wildman–Crippen MR) is 258 cm³/mol. The lowest BCUT2D eigenvalue weighted by Gasteiger charge is -2.38. The van der Waals surface area contributed by atoms with Crippen LogP contribution in [0.4, 0.5) is 28.6 Å². The molecule has 0 bridgehead atoms. The molecule has 0 spiro atoms. The van der Waals surface area contributed by atoms with Gasteiger partial charge in [0.2, 0.25) is 0 Å². The Morgan fingerprint density at radius 2 is 1.58 bits per heavy atom. The Kier molecular flexibility index (Phi) is 15.6. The summed E-state index contributed by atoms with van der Waals surface area (Å²) in [5, 5.41) is 17.8. The van der Waals surface area contributed by atoms with E-state index >= 15 is 8.78 Å². The summed E-state index contributed by atoms with van der Waals surface area (Å²) in [7, 11) is -2.38. The van der Waals surface area contributed by atoms with Gasteiger partial charge in [0.1, 0.15) is 48.2 Å². The first kappa shape index (κ1) is 51.1. The van der Waals surface area contributed by atoms with E-state index in [1.54, 1.807) is 41.5 Å². The number of benzene rings is 2. The highest BCUT2D eigenvalue weighted by Gasteiger charge is 2.42. The SMILES string of the molecule is CC(C)[Si](C#Cc1c(F)ccc2cc(O)cc(-c3ncc4c(N5CCN(C(=O)OC(C)(C)C)CCN5C(=O)OC(C)(C)C)nc(OC[C@@H]5CCCNC[C@H](F)C5)nc4c3F)c12)(C(C)C)C(C)C. The molecule has 2 amide bonds. The van der Waals surface area contributed by atoms with Gasteiger partial charge in [0.05, 0.1) is 30.6 Å². The lowest BCUT2D eigenvalue weighted by Crippen LogP contribution is -2.50. The molecular weight excluding hydrogens is 880 g/mol. The number of rotatable bonds is 8. The molecule has 2 fully saturated rings. The number of halogens is 3. The molecule has 67 heavy (non-hydrogen) atoms. The first-order valence-electron chi connectivity index (χ1n) is 23.5. The van der Waals surface area contributed by atoms with Gasteiger partial charge >= 0.3 is 18.2 Å². The largest absolute Gasteiger partial charge is 0.508 e. The van der Waals surface area contributed by atoms with E-state index in [0.717, 1.165) is 6.42 Å². The highest BCUT2D eigenvalue weighted by molar-refractivity contribution is 6.90. The van der Waals surface area contributed by atoms with Crippen molar-refractivity contribution < 1.29 is 42.1 Å². The summed E-state index contributed by atoms with van der Waals surface area (Å²) in [4.78, 5) is 43.0. The summed E-state index contributed by atoms with van der Waals surface area (Å²) in [6.07, 6.45) is 0.612. The quantitative estimate of drug-likeness (QED) is 0.129. The number of hydrogen-bond donors (Lipinski definition) is 2. The third-order valence-corrected chi connectivity index (χ3v) is 18.8. The minimum absolute atomic E-state index is 0.0239. The van der Waals surface area contributed by atoms with E-state index in [0.29, 0.717) is 18.4 Å². The molecule has 2 aliphatic rings. The Morgan fingerprint density at radius 1 is 0.925 bits per heavy atom. The maximum absolute atomic E-state index is 17.8. The van der Waals surface area contributed by atoms with Gasteiger partial charge in [0, 0.05) is 36.8 Å². The van der Waals surface area contributed by atoms with Gasteiger partial charge in [-0.3, -0.25) is 9.99 Å². The zero-order chi connectivity index (χ0) is 49.2. The topological polar surface area (TPSA) is 142 Å². The summed E-state index contributed by atoms with van der Waals surface area (Å²) < 4.78 is 66.8. The average Bonchev–Trinajstić information content (AvgIpc) is 3.44. The molecule has 2 N–H and O–H groups in total. The lowest BCUT2D eigenvalue weighted by atomic mass is 9.96. The van der Waals surface area contributed by atoms with Crippen LogP contribution in [0.1, 0.15) is 108 Å². The Labute approximate surface area is 394 Å². The number of nitrogens with one attached hydrogen (secondary N) is 1. The van der Waals surface area contributed by atoms with Gasteiger partial charge in [-0.2, -0.15) is 9.97 Å². The molecule has 2 atom stereocenters. The van der Waals surface area contributed by atoms with Crippen LogP contribution in [0.25, 0.3) is 32.9 Å². The molecule has 4 aromatic rings. The maximum atomic E-state index is 17.8. The highest BCUT2D eigenvalue weighted by atomic mass is 28.3. The monoisotopic (exact) mass is 947 g/mol. The summed E-state index contributed by atoms with van der Waals surface area (Å²) in [5.74, 6) is 1.33. The number of carbonyl (C=O) groups excluding carboxylic acids is 2. The second kappa shape index (κ2) is 20.5. The minimum Gasteiger partial charge on any atom is -0.508 e. The van der Waals surface area contributed by atoms with Crippen molar-refractivity contribution in [2.45, 2.75) is 136 Å². The van der Waals surface area contributed by atoms with Crippen LogP contribution in [-0.2, 0) is 9.47 Å². The van der Waals surface area contributed by atoms with Crippen LogP contribution in [0.5, 0.6) is 11.8 Å². The van der Waals surface area contributed by atoms with Crippen molar-refractivity contribution in [3.8, 4) is 34.5 Å². The fraction of sp³-hybridized carbons (Fsp3) is 0.580. The van der Waals surface area contributed by atoms with Crippen molar-refractivity contribution in [3.63, 3.8) is 0 Å². The van der Waals surface area contributed by atoms with Crippen molar-refractivity contribution in [1.29, 1.82) is 0 Å². The van der Waals surface area contributed by atoms with Crippen LogP contribution >= 0.6 is 0 Å². The molecule has 0 saturated carbocycles. The molecular formula is C50H68F3N7O6Si. The number of ether oxygens (including phenoxy) is 3. The van der Waals surface area contributed by atoms with E-state index in [9.17, 15) is 19.1 Å². The van der Waals surface area contributed by atoms with E-state index in [1.807, 2.05) is 0 Å². The van der Waals surface area contributed by atoms with Crippen molar-refractivity contribution in [2.75, 3.05) is 50.9 Å². The molecule has 0 unspecified atom stereocenters. The zero-order valence-electron chi connectivity index (χ0n) is 41.2. The molecule has 4 heterocycles. The van der Waals surface area contributed by atoms with Crippen molar-refractivity contribution >= 4 is 47.8 Å². The third-order valence-electron chi connectivity index (χ3n) is 12.5. The third kappa shape index (κ3) is 11.7. The number of fused-ring (bicyclic) bond motifs is 2. The second-order valence-corrected chi connectivity index (χ2v) is 26.3. The molecule has 2 aromatic carbocycles. The molecule has 0 radical (unpaired) electrons. The van der Waals surface area contributed by atoms with Crippen LogP contribution in [-0.4, -0.2) is 113 Å². The van der Waals surface area contributed by atoms with Gasteiger partial charge in [0.15, 0.2) is 11.6 Å². The second-order valence-electron chi connectivity index (χ2n) is 20.7. The standard InChI is InChI=1S/C50H68F3N7O6Si/c1-30(2)67(31(3)4,32(5)6)23-17-37-40(52)16-15-34-25-36(61)26-38(41(34)37)43-42(53)44-39(28-55-43)45(57-46(56-44)64-29-33-14-13-18-54-27-35(51)24-33)59-21-19-58(47(62)65-49(7,8)9)20-22-60(59)48(63)66-50(10,11)12/h15-16,25-26,28,30-33,35,54,61H,13-14,18-22,24,27,29H2,1-12H3/t33-,35-/m1/s1. The molecule has 2 saturated heterocycles. The van der Waals surface area contributed by atoms with E-state index in [-0.39, 0.29) is 119 Å². The number of amides is 2. The Bertz CT molecular complexity index is 2500. The number of anilines is 1. The van der Waals surface area contributed by atoms with Crippen LogP contribution in [0.3, 0.4) is 0 Å². The number of carbonyl (C=O) groups is 2. The zero-order valence-corrected chi connectivity index (χ0v) is 42.2. The fourth-order valence-electron chi connectivity index (χ4n) is 9.51. The molecule has 2 aliphatic heterocycles. The van der Waals surface area contributed by atoms with Crippen molar-refractivity contribution in [2.24, 2.45) is 5.92 Å². The fourth-order valence-corrected chi connectivity index (χ4v) is 14.7. The number of alkyl halides is 1. The number of pyridine rings is 1. The lowest BCUT2D eigenvalue weighted by molar-refractivity contribution is 0.0185. The first-order chi connectivity index (χ1) is 31.4. The van der Waals surface area contributed by atoms with Crippen molar-refractivity contribution in [3.05, 3.63) is 47.7 Å². The van der Waals surface area contributed by atoms with Gasteiger partial charge in [-0.05, 0) is 113 Å². The predicted octanol–water partition coefficient (Wildman–Crippen LogP) is 10.7. The van der Waals surface area contributed by atoms with E-state index in [1.165, 1.54) is 45.4 Å². The van der Waals surface area contributed by atoms with Gasteiger partial charge in [0.25, 0.3) is 0 Å². The number of aromatic nitrogens is 3. The van der Waals surface area contributed by atoms with E-state index in [4.69, 9.17) is 19.2 Å². The van der Waals surface area contributed by atoms with Crippen LogP contribution in [0.15, 0.2) is 30.5 Å². The molecule has 13 nitrogen and oxygen atoms in total. The maximum Gasteiger partial charge on any atom is 0.429 e. The summed E-state index contributed by atoms with van der Waals surface area (Å²) in [6.45, 7) is 24.4. The minimum atomic E-state index is -2.38. The highest BCUT2D eigenvalue weighted by Crippen LogP contribution is 2.43. The van der Waals surface area contributed by atoms with Gasteiger partial charge in [-0.25, -0.2) is 27.8 Å². The van der Waals surface area contributed by atoms with E-state index in [2.05, 4.69) is 68.3 Å². The number of phenolic OH excluding ortho intramolecular Hbond substituents is 1. The summed E-state index contributed by atoms with van der Waals surface area (Å²) in [6, 6.07) is 5.38. The molecule has 364 valence electrons. The number of nitrogens with zero attached hydrogens (tertiary/aromatic N) is 6. The Morgan fingerprint density at radius 3 is 2.24 bits per heavy atom. The first-order valence-corrected chi connectivity index (χ1v) is 25.7. The number of phenols is 1. The van der Waals surface area contributed by atoms with Crippen molar-refractivity contribution in [1.82, 2.24) is 30.2 Å². The number of hydrogen-bond acceptors (Lipinski definition) is 11. The molecule has 2 aromatic heterocycles. The summed E-state index contributed by atoms with van der Waals surface area (Å²) >= 11 is 0. The molecule has 0 aliphatic carbocycles. The molecule has 6 rings (SSSR count). The van der Waals surface area contributed by atoms with Gasteiger partial charge in [-0.1, -0.05) is 53.5 Å². The smallest absolute Gasteiger partial charge is 0.429 e. The summed E-state index contributed by atoms with van der Waals surface area (Å²) in [5.41, 5.74) is 2.31. The Hall–Kier alpha value is -5.34. The Balaban J connectivity index is 1.57. The normalized spacial score (nSPS) is 17.9. The number of aromatic hydroxyl groups is 1. The van der Waals surface area contributed by atoms with Gasteiger partial charge < -0.3 is 29.5 Å². The van der Waals surface area contributed by atoms with E-state index < -0.39 is 49.3 Å². The molecule has 17 heteroatoms. The van der Waals surface area contributed by atoms with Crippen LogP contribution in [0.2, 0.25) is 16.6 Å².